The molecule has 0 unspecified atom stereocenters. The zero-order valence-corrected chi connectivity index (χ0v) is 12.0. The molecule has 1 rings (SSSR count). The number of allylic oxidation sites excluding steroid dienone is 3. The number of aliphatic carboxylic acids is 1. The molecule has 21 heavy (non-hydrogen) atoms. The molecule has 2 N–H and O–H groups in total. The lowest BCUT2D eigenvalue weighted by Crippen LogP contribution is -2.26. The van der Waals surface area contributed by atoms with E-state index in [4.69, 9.17) is 14.9 Å². The Hall–Kier alpha value is -1.88. The minimum atomic E-state index is -0.791. The first-order valence-electron chi connectivity index (χ1n) is 7.13. The first kappa shape index (κ1) is 17.2. The van der Waals surface area contributed by atoms with Gasteiger partial charge >= 0.3 is 11.9 Å². The van der Waals surface area contributed by atoms with Gasteiger partial charge in [0.25, 0.3) is 0 Å². The molecular formula is C16H22O5. The molecule has 0 atom stereocenters. The van der Waals surface area contributed by atoms with E-state index in [1.165, 1.54) is 6.08 Å². The number of aliphatic hydroxyl groups is 1. The molecule has 0 aromatic heterocycles. The van der Waals surface area contributed by atoms with Crippen LogP contribution in [0.2, 0.25) is 0 Å². The van der Waals surface area contributed by atoms with Gasteiger partial charge in [-0.25, -0.2) is 0 Å². The normalized spacial score (nSPS) is 23.0. The summed E-state index contributed by atoms with van der Waals surface area (Å²) in [5.41, 5.74) is 0. The highest BCUT2D eigenvalue weighted by molar-refractivity contribution is 5.75. The van der Waals surface area contributed by atoms with Crippen LogP contribution in [0.5, 0.6) is 0 Å². The fourth-order valence-electron chi connectivity index (χ4n) is 2.29. The standard InChI is InChI=1S/C16H22O5/c1-2-5-14(6-3-4-11-17)21-16(20)13-9-7-12(8-10-13)15(18)19/h2-3,5-6,12-13,17H,1,4,7-11H2,(H,18,19)/b6-3-,14-5+. The van der Waals surface area contributed by atoms with E-state index in [1.54, 1.807) is 18.2 Å². The number of aliphatic hydroxyl groups excluding tert-OH is 1. The van der Waals surface area contributed by atoms with Gasteiger partial charge in [0.15, 0.2) is 0 Å². The molecule has 116 valence electrons. The first-order valence-corrected chi connectivity index (χ1v) is 7.13. The Kier molecular flexibility index (Phi) is 7.46. The Balaban J connectivity index is 2.53. The van der Waals surface area contributed by atoms with Gasteiger partial charge in [-0.2, -0.15) is 0 Å². The number of rotatable bonds is 7. The van der Waals surface area contributed by atoms with Crippen LogP contribution in [0.3, 0.4) is 0 Å². The van der Waals surface area contributed by atoms with Crippen LogP contribution in [0.15, 0.2) is 36.6 Å². The van der Waals surface area contributed by atoms with E-state index < -0.39 is 5.97 Å². The van der Waals surface area contributed by atoms with Crippen molar-refractivity contribution >= 4 is 11.9 Å². The zero-order chi connectivity index (χ0) is 15.7. The largest absolute Gasteiger partial charge is 0.481 e. The maximum absolute atomic E-state index is 12.1. The van der Waals surface area contributed by atoms with E-state index in [-0.39, 0.29) is 24.4 Å². The van der Waals surface area contributed by atoms with Crippen LogP contribution in [-0.4, -0.2) is 28.8 Å². The van der Waals surface area contributed by atoms with E-state index in [1.807, 2.05) is 0 Å². The molecule has 0 amide bonds. The van der Waals surface area contributed by atoms with E-state index in [0.29, 0.717) is 37.9 Å². The van der Waals surface area contributed by atoms with Crippen LogP contribution in [0, 0.1) is 11.8 Å². The summed E-state index contributed by atoms with van der Waals surface area (Å²) < 4.78 is 5.31. The SMILES string of the molecule is C=C/C=C(\C=C/CCO)OC(=O)C1CCC(C(=O)O)CC1. The molecule has 1 aliphatic rings. The molecule has 5 nitrogen and oxygen atoms in total. The van der Waals surface area contributed by atoms with Crippen molar-refractivity contribution in [3.05, 3.63) is 36.6 Å². The molecule has 0 aromatic carbocycles. The number of ether oxygens (including phenoxy) is 1. The van der Waals surface area contributed by atoms with Gasteiger partial charge in [0, 0.05) is 6.61 Å². The lowest BCUT2D eigenvalue weighted by molar-refractivity contribution is -0.149. The average molecular weight is 294 g/mol. The summed E-state index contributed by atoms with van der Waals surface area (Å²) >= 11 is 0. The van der Waals surface area contributed by atoms with Crippen LogP contribution < -0.4 is 0 Å². The van der Waals surface area contributed by atoms with E-state index in [2.05, 4.69) is 6.58 Å². The summed E-state index contributed by atoms with van der Waals surface area (Å²) in [6.45, 7) is 3.59. The van der Waals surface area contributed by atoms with Crippen molar-refractivity contribution in [3.8, 4) is 0 Å². The fourth-order valence-corrected chi connectivity index (χ4v) is 2.29. The van der Waals surface area contributed by atoms with Crippen molar-refractivity contribution in [1.29, 1.82) is 0 Å². The molecule has 0 bridgehead atoms. The van der Waals surface area contributed by atoms with E-state index in [0.717, 1.165) is 0 Å². The van der Waals surface area contributed by atoms with Gasteiger partial charge in [-0.15, -0.1) is 0 Å². The maximum atomic E-state index is 12.1. The summed E-state index contributed by atoms with van der Waals surface area (Å²) in [6, 6.07) is 0. The predicted molar refractivity (Wildman–Crippen MR) is 78.3 cm³/mol. The average Bonchev–Trinajstić information content (AvgIpc) is 2.47. The third kappa shape index (κ3) is 5.95. The highest BCUT2D eigenvalue weighted by Gasteiger charge is 2.30. The van der Waals surface area contributed by atoms with Gasteiger partial charge in [-0.3, -0.25) is 9.59 Å². The molecule has 5 heteroatoms. The van der Waals surface area contributed by atoms with Crippen LogP contribution in [0.25, 0.3) is 0 Å². The molecule has 1 saturated carbocycles. The second kappa shape index (κ2) is 9.13. The third-order valence-corrected chi connectivity index (χ3v) is 3.49. The van der Waals surface area contributed by atoms with E-state index >= 15 is 0 Å². The lowest BCUT2D eigenvalue weighted by atomic mass is 9.82. The first-order chi connectivity index (χ1) is 10.1. The van der Waals surface area contributed by atoms with Crippen molar-refractivity contribution in [1.82, 2.24) is 0 Å². The van der Waals surface area contributed by atoms with Crippen LogP contribution in [0.4, 0.5) is 0 Å². The van der Waals surface area contributed by atoms with E-state index in [9.17, 15) is 9.59 Å². The van der Waals surface area contributed by atoms with Gasteiger partial charge < -0.3 is 14.9 Å². The lowest BCUT2D eigenvalue weighted by Gasteiger charge is -2.24. The number of carbonyl (C=O) groups is 2. The van der Waals surface area contributed by atoms with Gasteiger partial charge in [-0.1, -0.05) is 18.7 Å². The van der Waals surface area contributed by atoms with Crippen molar-refractivity contribution in [2.24, 2.45) is 11.8 Å². The highest BCUT2D eigenvalue weighted by atomic mass is 16.5. The van der Waals surface area contributed by atoms with Crippen molar-refractivity contribution < 1.29 is 24.5 Å². The van der Waals surface area contributed by atoms with Gasteiger partial charge in [0.2, 0.25) is 0 Å². The number of hydrogen-bond acceptors (Lipinski definition) is 4. The minimum Gasteiger partial charge on any atom is -0.481 e. The molecule has 1 aliphatic carbocycles. The summed E-state index contributed by atoms with van der Waals surface area (Å²) in [6.07, 6.45) is 9.02. The number of carbonyl (C=O) groups excluding carboxylic acids is 1. The number of esters is 1. The molecule has 0 heterocycles. The molecule has 0 spiro atoms. The quantitative estimate of drug-likeness (QED) is 0.428. The summed E-state index contributed by atoms with van der Waals surface area (Å²) in [4.78, 5) is 22.9. The summed E-state index contributed by atoms with van der Waals surface area (Å²) in [5.74, 6) is -1.34. The van der Waals surface area contributed by atoms with Crippen LogP contribution >= 0.6 is 0 Å². The number of carboxylic acid groups (broad SMARTS) is 1. The Morgan fingerprint density at radius 3 is 2.33 bits per heavy atom. The van der Waals surface area contributed by atoms with Gasteiger partial charge in [0.1, 0.15) is 5.76 Å². The Labute approximate surface area is 124 Å². The molecule has 0 saturated heterocycles. The maximum Gasteiger partial charge on any atom is 0.314 e. The predicted octanol–water partition coefficient (Wildman–Crippen LogP) is 2.43. The van der Waals surface area contributed by atoms with Crippen molar-refractivity contribution in [2.45, 2.75) is 32.1 Å². The fraction of sp³-hybridized carbons (Fsp3) is 0.500. The monoisotopic (exact) mass is 294 g/mol. The molecular weight excluding hydrogens is 272 g/mol. The number of hydrogen-bond donors (Lipinski definition) is 2. The van der Waals surface area contributed by atoms with Crippen molar-refractivity contribution in [3.63, 3.8) is 0 Å². The molecule has 0 aromatic rings. The smallest absolute Gasteiger partial charge is 0.314 e. The zero-order valence-electron chi connectivity index (χ0n) is 12.0. The highest BCUT2D eigenvalue weighted by Crippen LogP contribution is 2.30. The molecule has 1 fully saturated rings. The molecule has 0 radical (unpaired) electrons. The Morgan fingerprint density at radius 1 is 1.19 bits per heavy atom. The van der Waals surface area contributed by atoms with Crippen LogP contribution in [0.1, 0.15) is 32.1 Å². The summed E-state index contributed by atoms with van der Waals surface area (Å²) in [7, 11) is 0. The van der Waals surface area contributed by atoms with Gasteiger partial charge in [0.05, 0.1) is 11.8 Å². The second-order valence-electron chi connectivity index (χ2n) is 5.03. The third-order valence-electron chi connectivity index (χ3n) is 3.49. The Morgan fingerprint density at radius 2 is 1.81 bits per heavy atom. The molecule has 0 aliphatic heterocycles. The number of carboxylic acids is 1. The topological polar surface area (TPSA) is 83.8 Å². The Bertz CT molecular complexity index is 428. The van der Waals surface area contributed by atoms with Gasteiger partial charge in [-0.05, 0) is 44.3 Å². The summed E-state index contributed by atoms with van der Waals surface area (Å²) in [5, 5.41) is 17.7. The van der Waals surface area contributed by atoms with Crippen molar-refractivity contribution in [2.75, 3.05) is 6.61 Å². The van der Waals surface area contributed by atoms with Crippen LogP contribution in [-0.2, 0) is 14.3 Å². The minimum absolute atomic E-state index is 0.0328. The second-order valence-corrected chi connectivity index (χ2v) is 5.03.